The second kappa shape index (κ2) is 4.98. The standard InChI is InChI=1S/C17H14N4O4/c22-12(18-10-2-1-3-11-15(10)20-25-19-11)7-21-16(23)13-8-4-5-9(6-8)14(13)17(21)24/h1-5,8-9,13-14H,6-7H2,(H,18,22)/t8-,9-,13-,14+/m0/s1. The molecule has 8 heteroatoms. The smallest absolute Gasteiger partial charge is 0.244 e. The van der Waals surface area contributed by atoms with Gasteiger partial charge in [0.05, 0.1) is 17.5 Å². The Hall–Kier alpha value is -3.03. The Labute approximate surface area is 141 Å². The predicted octanol–water partition coefficient (Wildman–Crippen LogP) is 0.968. The van der Waals surface area contributed by atoms with Crippen LogP contribution in [0.4, 0.5) is 5.69 Å². The number of anilines is 1. The molecular formula is C17H14N4O4. The summed E-state index contributed by atoms with van der Waals surface area (Å²) in [4.78, 5) is 38.7. The number of amides is 3. The molecule has 3 amide bonds. The van der Waals surface area contributed by atoms with Crippen molar-refractivity contribution in [2.24, 2.45) is 23.7 Å². The minimum atomic E-state index is -0.447. The highest BCUT2D eigenvalue weighted by Gasteiger charge is 2.59. The lowest BCUT2D eigenvalue weighted by molar-refractivity contribution is -0.143. The molecule has 126 valence electrons. The van der Waals surface area contributed by atoms with Crippen LogP contribution < -0.4 is 5.32 Å². The zero-order valence-electron chi connectivity index (χ0n) is 13.1. The highest BCUT2D eigenvalue weighted by molar-refractivity contribution is 6.10. The number of allylic oxidation sites excluding steroid dienone is 2. The SMILES string of the molecule is O=C(CN1C(=O)[C@@H]2[C@H](C1=O)[C@H]1C=C[C@H]2C1)Nc1cccc2nonc12. The molecule has 8 nitrogen and oxygen atoms in total. The minimum absolute atomic E-state index is 0.134. The molecule has 0 radical (unpaired) electrons. The number of carbonyl (C=O) groups is 3. The maximum absolute atomic E-state index is 12.6. The Balaban J connectivity index is 1.34. The van der Waals surface area contributed by atoms with E-state index in [4.69, 9.17) is 0 Å². The fourth-order valence-electron chi connectivity index (χ4n) is 4.36. The van der Waals surface area contributed by atoms with Crippen LogP contribution in [0.5, 0.6) is 0 Å². The molecule has 2 aliphatic carbocycles. The van der Waals surface area contributed by atoms with Crippen LogP contribution in [-0.2, 0) is 14.4 Å². The average molecular weight is 338 g/mol. The number of likely N-dealkylation sites (tertiary alicyclic amines) is 1. The number of hydrogen-bond donors (Lipinski definition) is 1. The van der Waals surface area contributed by atoms with Gasteiger partial charge in [0, 0.05) is 0 Å². The number of nitrogens with one attached hydrogen (secondary N) is 1. The van der Waals surface area contributed by atoms with E-state index in [1.54, 1.807) is 18.2 Å². The largest absolute Gasteiger partial charge is 0.322 e. The van der Waals surface area contributed by atoms with Gasteiger partial charge in [0.1, 0.15) is 12.1 Å². The first-order chi connectivity index (χ1) is 12.1. The van der Waals surface area contributed by atoms with E-state index in [0.29, 0.717) is 16.7 Å². The third kappa shape index (κ3) is 1.97. The number of fused-ring (bicyclic) bond motifs is 6. The second-order valence-corrected chi connectivity index (χ2v) is 6.75. The molecule has 2 bridgehead atoms. The maximum atomic E-state index is 12.6. The molecule has 0 spiro atoms. The molecule has 2 heterocycles. The van der Waals surface area contributed by atoms with Gasteiger partial charge in [0.2, 0.25) is 17.7 Å². The van der Waals surface area contributed by atoms with E-state index in [1.165, 1.54) is 0 Å². The number of hydrogen-bond acceptors (Lipinski definition) is 6. The molecule has 1 aliphatic heterocycles. The predicted molar refractivity (Wildman–Crippen MR) is 84.9 cm³/mol. The zero-order chi connectivity index (χ0) is 17.1. The van der Waals surface area contributed by atoms with Crippen molar-refractivity contribution in [3.05, 3.63) is 30.4 Å². The summed E-state index contributed by atoms with van der Waals surface area (Å²) in [5.41, 5.74) is 1.38. The van der Waals surface area contributed by atoms with Gasteiger partial charge in [-0.05, 0) is 40.7 Å². The normalized spacial score (nSPS) is 29.7. The summed E-state index contributed by atoms with van der Waals surface area (Å²) < 4.78 is 4.66. The van der Waals surface area contributed by atoms with Crippen LogP contribution >= 0.6 is 0 Å². The van der Waals surface area contributed by atoms with E-state index in [9.17, 15) is 14.4 Å². The number of nitrogens with zero attached hydrogens (tertiary/aromatic N) is 3. The molecule has 1 N–H and O–H groups in total. The van der Waals surface area contributed by atoms with Gasteiger partial charge in [-0.2, -0.15) is 0 Å². The summed E-state index contributed by atoms with van der Waals surface area (Å²) in [6, 6.07) is 5.08. The summed E-state index contributed by atoms with van der Waals surface area (Å²) >= 11 is 0. The lowest BCUT2D eigenvalue weighted by Gasteiger charge is -2.16. The third-order valence-electron chi connectivity index (χ3n) is 5.42. The summed E-state index contributed by atoms with van der Waals surface area (Å²) in [7, 11) is 0. The lowest BCUT2D eigenvalue weighted by atomic mass is 9.85. The molecular weight excluding hydrogens is 324 g/mol. The molecule has 2 aromatic rings. The molecule has 0 unspecified atom stereocenters. The maximum Gasteiger partial charge on any atom is 0.244 e. The van der Waals surface area contributed by atoms with Gasteiger partial charge in [-0.1, -0.05) is 18.2 Å². The molecule has 5 rings (SSSR count). The first kappa shape index (κ1) is 14.3. The summed E-state index contributed by atoms with van der Waals surface area (Å²) in [5, 5.41) is 10.1. The van der Waals surface area contributed by atoms with Crippen LogP contribution in [0.15, 0.2) is 35.0 Å². The molecule has 1 saturated carbocycles. The second-order valence-electron chi connectivity index (χ2n) is 6.75. The molecule has 3 aliphatic rings. The minimum Gasteiger partial charge on any atom is -0.322 e. The van der Waals surface area contributed by atoms with Crippen LogP contribution in [0.25, 0.3) is 11.0 Å². The van der Waals surface area contributed by atoms with Gasteiger partial charge >= 0.3 is 0 Å². The van der Waals surface area contributed by atoms with Gasteiger partial charge in [0.15, 0.2) is 5.52 Å². The lowest BCUT2D eigenvalue weighted by Crippen LogP contribution is -2.39. The Kier molecular flexibility index (Phi) is 2.85. The Morgan fingerprint density at radius 2 is 1.88 bits per heavy atom. The number of imide groups is 1. The van der Waals surface area contributed by atoms with E-state index in [1.807, 2.05) is 12.2 Å². The van der Waals surface area contributed by atoms with Crippen molar-refractivity contribution in [2.75, 3.05) is 11.9 Å². The summed E-state index contributed by atoms with van der Waals surface area (Å²) in [6.07, 6.45) is 4.92. The van der Waals surface area contributed by atoms with E-state index in [-0.39, 0.29) is 42.0 Å². The Bertz CT molecular complexity index is 919. The van der Waals surface area contributed by atoms with Crippen LogP contribution in [0.1, 0.15) is 6.42 Å². The van der Waals surface area contributed by atoms with Crippen molar-refractivity contribution in [2.45, 2.75) is 6.42 Å². The average Bonchev–Trinajstić information content (AvgIpc) is 3.35. The first-order valence-corrected chi connectivity index (χ1v) is 8.18. The van der Waals surface area contributed by atoms with Gasteiger partial charge in [-0.15, -0.1) is 0 Å². The van der Waals surface area contributed by atoms with Crippen molar-refractivity contribution in [3.8, 4) is 0 Å². The number of aromatic nitrogens is 2. The van der Waals surface area contributed by atoms with Gasteiger partial charge in [-0.3, -0.25) is 19.3 Å². The van der Waals surface area contributed by atoms with Crippen LogP contribution in [0.2, 0.25) is 0 Å². The van der Waals surface area contributed by atoms with Gasteiger partial charge in [0.25, 0.3) is 0 Å². The van der Waals surface area contributed by atoms with E-state index >= 15 is 0 Å². The van der Waals surface area contributed by atoms with Crippen molar-refractivity contribution >= 4 is 34.4 Å². The zero-order valence-corrected chi connectivity index (χ0v) is 13.1. The third-order valence-corrected chi connectivity index (χ3v) is 5.42. The van der Waals surface area contributed by atoms with Crippen molar-refractivity contribution in [1.82, 2.24) is 15.2 Å². The molecule has 1 aromatic heterocycles. The van der Waals surface area contributed by atoms with Crippen molar-refractivity contribution in [3.63, 3.8) is 0 Å². The monoisotopic (exact) mass is 338 g/mol. The van der Waals surface area contributed by atoms with Crippen molar-refractivity contribution < 1.29 is 19.0 Å². The van der Waals surface area contributed by atoms with Crippen LogP contribution in [0, 0.1) is 23.7 Å². The van der Waals surface area contributed by atoms with Crippen molar-refractivity contribution in [1.29, 1.82) is 0 Å². The first-order valence-electron chi connectivity index (χ1n) is 8.18. The van der Waals surface area contributed by atoms with E-state index < -0.39 is 5.91 Å². The quantitative estimate of drug-likeness (QED) is 0.660. The molecule has 1 saturated heterocycles. The summed E-state index contributed by atoms with van der Waals surface area (Å²) in [5.74, 6) is -1.23. The van der Waals surface area contributed by atoms with Gasteiger partial charge in [-0.25, -0.2) is 4.63 Å². The fourth-order valence-corrected chi connectivity index (χ4v) is 4.36. The summed E-state index contributed by atoms with van der Waals surface area (Å²) in [6.45, 7) is -0.286. The number of carbonyl (C=O) groups excluding carboxylic acids is 3. The molecule has 4 atom stereocenters. The van der Waals surface area contributed by atoms with Crippen LogP contribution in [0.3, 0.4) is 0 Å². The van der Waals surface area contributed by atoms with Gasteiger partial charge < -0.3 is 5.32 Å². The topological polar surface area (TPSA) is 105 Å². The van der Waals surface area contributed by atoms with E-state index in [0.717, 1.165) is 11.3 Å². The fraction of sp³-hybridized carbons (Fsp3) is 0.353. The number of benzene rings is 1. The molecule has 2 fully saturated rings. The Morgan fingerprint density at radius 1 is 1.16 bits per heavy atom. The highest BCUT2D eigenvalue weighted by Crippen LogP contribution is 2.52. The molecule has 25 heavy (non-hydrogen) atoms. The Morgan fingerprint density at radius 3 is 2.60 bits per heavy atom. The molecule has 1 aromatic carbocycles. The van der Waals surface area contributed by atoms with Crippen LogP contribution in [-0.4, -0.2) is 39.5 Å². The number of rotatable bonds is 3. The highest BCUT2D eigenvalue weighted by atomic mass is 16.6. The van der Waals surface area contributed by atoms with E-state index in [2.05, 4.69) is 20.3 Å².